The van der Waals surface area contributed by atoms with Crippen molar-refractivity contribution in [3.8, 4) is 0 Å². The second kappa shape index (κ2) is 8.10. The van der Waals surface area contributed by atoms with Gasteiger partial charge in [-0.2, -0.15) is 0 Å². The van der Waals surface area contributed by atoms with E-state index in [4.69, 9.17) is 16.3 Å². The van der Waals surface area contributed by atoms with Crippen LogP contribution in [-0.4, -0.2) is 65.6 Å². The molecule has 6 heteroatoms. The number of likely N-dealkylation sites (tertiary alicyclic amines) is 1. The van der Waals surface area contributed by atoms with Crippen molar-refractivity contribution in [2.75, 3.05) is 32.8 Å². The van der Waals surface area contributed by atoms with E-state index in [1.807, 2.05) is 11.0 Å². The molecule has 130 valence electrons. The van der Waals surface area contributed by atoms with Gasteiger partial charge in [0.2, 0.25) is 5.91 Å². The van der Waals surface area contributed by atoms with E-state index in [2.05, 4.69) is 16.8 Å². The van der Waals surface area contributed by atoms with Crippen molar-refractivity contribution in [1.29, 1.82) is 0 Å². The van der Waals surface area contributed by atoms with Gasteiger partial charge in [0, 0.05) is 44.0 Å². The second-order valence-electron chi connectivity index (χ2n) is 6.46. The van der Waals surface area contributed by atoms with Crippen LogP contribution in [0.3, 0.4) is 0 Å². The average Bonchev–Trinajstić information content (AvgIpc) is 2.60. The average molecular weight is 350 g/mol. The third kappa shape index (κ3) is 4.35. The lowest BCUT2D eigenvalue weighted by Crippen LogP contribution is -2.53. The molecule has 0 N–H and O–H groups in total. The van der Waals surface area contributed by atoms with E-state index in [1.54, 1.807) is 24.4 Å². The fourth-order valence-corrected chi connectivity index (χ4v) is 3.68. The van der Waals surface area contributed by atoms with Gasteiger partial charge in [0.05, 0.1) is 13.2 Å². The molecule has 1 aromatic heterocycles. The molecule has 0 spiro atoms. The van der Waals surface area contributed by atoms with Gasteiger partial charge < -0.3 is 9.64 Å². The van der Waals surface area contributed by atoms with Crippen LogP contribution in [-0.2, 0) is 9.53 Å². The topological polar surface area (TPSA) is 45.7 Å². The first-order valence-corrected chi connectivity index (χ1v) is 8.93. The number of hydrogen-bond donors (Lipinski definition) is 0. The minimum Gasteiger partial charge on any atom is -0.379 e. The van der Waals surface area contributed by atoms with Crippen molar-refractivity contribution in [2.45, 2.75) is 31.8 Å². The second-order valence-corrected chi connectivity index (χ2v) is 6.85. The molecule has 1 amide bonds. The van der Waals surface area contributed by atoms with Gasteiger partial charge in [-0.3, -0.25) is 9.69 Å². The van der Waals surface area contributed by atoms with Gasteiger partial charge in [-0.15, -0.1) is 0 Å². The molecule has 2 saturated heterocycles. The summed E-state index contributed by atoms with van der Waals surface area (Å²) in [6, 6.07) is 4.62. The van der Waals surface area contributed by atoms with E-state index in [1.165, 1.54) is 0 Å². The maximum absolute atomic E-state index is 12.4. The van der Waals surface area contributed by atoms with Gasteiger partial charge in [0.15, 0.2) is 0 Å². The SMILES string of the molecule is CC1COCCN1C1CCN(C(=O)/C=C/c2ccnc(Cl)c2)CC1. The Balaban J connectivity index is 1.51. The van der Waals surface area contributed by atoms with E-state index in [-0.39, 0.29) is 5.91 Å². The van der Waals surface area contributed by atoms with Crippen molar-refractivity contribution < 1.29 is 9.53 Å². The molecule has 2 aliphatic heterocycles. The molecule has 0 aliphatic carbocycles. The number of morpholine rings is 1. The normalized spacial score (nSPS) is 23.8. The Morgan fingerprint density at radius 1 is 1.38 bits per heavy atom. The molecule has 1 atom stereocenters. The molecular formula is C18H24ClN3O2. The first kappa shape index (κ1) is 17.4. The summed E-state index contributed by atoms with van der Waals surface area (Å²) >= 11 is 5.86. The maximum Gasteiger partial charge on any atom is 0.246 e. The monoisotopic (exact) mass is 349 g/mol. The smallest absolute Gasteiger partial charge is 0.246 e. The quantitative estimate of drug-likeness (QED) is 0.621. The minimum atomic E-state index is 0.0661. The number of pyridine rings is 1. The number of ether oxygens (including phenoxy) is 1. The maximum atomic E-state index is 12.4. The van der Waals surface area contributed by atoms with E-state index in [9.17, 15) is 4.79 Å². The standard InChI is InChI=1S/C18H24ClN3O2/c1-14-13-24-11-10-22(14)16-5-8-21(9-6-16)18(23)3-2-15-4-7-20-17(19)12-15/h2-4,7,12,14,16H,5-6,8-11,13H2,1H3/b3-2+. The van der Waals surface area contributed by atoms with Crippen LogP contribution in [0.4, 0.5) is 0 Å². The molecule has 2 fully saturated rings. The van der Waals surface area contributed by atoms with Crippen molar-refractivity contribution in [1.82, 2.24) is 14.8 Å². The van der Waals surface area contributed by atoms with E-state index >= 15 is 0 Å². The first-order valence-electron chi connectivity index (χ1n) is 8.55. The number of piperidine rings is 1. The molecule has 5 nitrogen and oxygen atoms in total. The molecule has 0 bridgehead atoms. The predicted molar refractivity (Wildman–Crippen MR) is 94.9 cm³/mol. The number of halogens is 1. The van der Waals surface area contributed by atoms with E-state index < -0.39 is 0 Å². The number of rotatable bonds is 3. The molecule has 3 heterocycles. The summed E-state index contributed by atoms with van der Waals surface area (Å²) in [5.74, 6) is 0.0661. The number of aromatic nitrogens is 1. The Morgan fingerprint density at radius 2 is 2.17 bits per heavy atom. The van der Waals surface area contributed by atoms with Gasteiger partial charge in [-0.05, 0) is 43.5 Å². The van der Waals surface area contributed by atoms with Crippen LogP contribution < -0.4 is 0 Å². The predicted octanol–water partition coefficient (Wildman–Crippen LogP) is 2.46. The van der Waals surface area contributed by atoms with Crippen LogP contribution in [0.1, 0.15) is 25.3 Å². The zero-order chi connectivity index (χ0) is 16.9. The van der Waals surface area contributed by atoms with Crippen LogP contribution in [0.25, 0.3) is 6.08 Å². The lowest BCUT2D eigenvalue weighted by molar-refractivity contribution is -0.128. The lowest BCUT2D eigenvalue weighted by atomic mass is 10.0. The first-order chi connectivity index (χ1) is 11.6. The number of nitrogens with zero attached hydrogens (tertiary/aromatic N) is 3. The van der Waals surface area contributed by atoms with Crippen molar-refractivity contribution in [3.63, 3.8) is 0 Å². The van der Waals surface area contributed by atoms with Gasteiger partial charge in [-0.25, -0.2) is 4.98 Å². The Bertz CT molecular complexity index is 600. The van der Waals surface area contributed by atoms with Crippen molar-refractivity contribution in [3.05, 3.63) is 35.1 Å². The van der Waals surface area contributed by atoms with Crippen LogP contribution in [0.5, 0.6) is 0 Å². The molecule has 24 heavy (non-hydrogen) atoms. The number of hydrogen-bond acceptors (Lipinski definition) is 4. The van der Waals surface area contributed by atoms with Crippen molar-refractivity contribution in [2.24, 2.45) is 0 Å². The zero-order valence-electron chi connectivity index (χ0n) is 14.0. The highest BCUT2D eigenvalue weighted by atomic mass is 35.5. The molecule has 0 aromatic carbocycles. The molecule has 1 unspecified atom stereocenters. The van der Waals surface area contributed by atoms with Gasteiger partial charge in [-0.1, -0.05) is 11.6 Å². The number of carbonyl (C=O) groups excluding carboxylic acids is 1. The molecule has 1 aromatic rings. The van der Waals surface area contributed by atoms with Crippen molar-refractivity contribution >= 4 is 23.6 Å². The van der Waals surface area contributed by atoms with E-state index in [0.29, 0.717) is 17.2 Å². The molecule has 0 radical (unpaired) electrons. The highest BCUT2D eigenvalue weighted by Crippen LogP contribution is 2.21. The Hall–Kier alpha value is -1.43. The third-order valence-corrected chi connectivity index (χ3v) is 5.04. The Kier molecular flexibility index (Phi) is 5.87. The lowest BCUT2D eigenvalue weighted by Gasteiger charge is -2.43. The summed E-state index contributed by atoms with van der Waals surface area (Å²) < 4.78 is 5.52. The van der Waals surface area contributed by atoms with Crippen LogP contribution in [0, 0.1) is 0 Å². The summed E-state index contributed by atoms with van der Waals surface area (Å²) in [5.41, 5.74) is 0.889. The third-order valence-electron chi connectivity index (χ3n) is 4.83. The van der Waals surface area contributed by atoms with Crippen LogP contribution in [0.2, 0.25) is 5.15 Å². The van der Waals surface area contributed by atoms with Gasteiger partial charge >= 0.3 is 0 Å². The van der Waals surface area contributed by atoms with Gasteiger partial charge in [0.25, 0.3) is 0 Å². The zero-order valence-corrected chi connectivity index (χ0v) is 14.8. The molecular weight excluding hydrogens is 326 g/mol. The summed E-state index contributed by atoms with van der Waals surface area (Å²) in [7, 11) is 0. The molecule has 0 saturated carbocycles. The summed E-state index contributed by atoms with van der Waals surface area (Å²) in [6.45, 7) is 6.49. The van der Waals surface area contributed by atoms with Crippen LogP contribution in [0.15, 0.2) is 24.4 Å². The summed E-state index contributed by atoms with van der Waals surface area (Å²) in [5, 5.41) is 0.435. The highest BCUT2D eigenvalue weighted by Gasteiger charge is 2.30. The van der Waals surface area contributed by atoms with E-state index in [0.717, 1.165) is 51.3 Å². The fourth-order valence-electron chi connectivity index (χ4n) is 3.49. The summed E-state index contributed by atoms with van der Waals surface area (Å²) in [4.78, 5) is 20.8. The van der Waals surface area contributed by atoms with Crippen LogP contribution >= 0.6 is 11.6 Å². The highest BCUT2D eigenvalue weighted by molar-refractivity contribution is 6.29. The Morgan fingerprint density at radius 3 is 2.88 bits per heavy atom. The minimum absolute atomic E-state index is 0.0661. The number of amides is 1. The Labute approximate surface area is 148 Å². The van der Waals surface area contributed by atoms with Gasteiger partial charge in [0.1, 0.15) is 5.15 Å². The fraction of sp³-hybridized carbons (Fsp3) is 0.556. The number of carbonyl (C=O) groups is 1. The molecule has 2 aliphatic rings. The molecule has 3 rings (SSSR count). The largest absolute Gasteiger partial charge is 0.379 e. The summed E-state index contributed by atoms with van der Waals surface area (Å²) in [6.07, 6.45) is 7.13.